The van der Waals surface area contributed by atoms with Crippen LogP contribution in [0.4, 0.5) is 4.39 Å². The van der Waals surface area contributed by atoms with Crippen molar-refractivity contribution in [3.8, 4) is 0 Å². The van der Waals surface area contributed by atoms with E-state index < -0.39 is 0 Å². The van der Waals surface area contributed by atoms with E-state index in [1.54, 1.807) is 6.07 Å². The number of nitrogens with zero attached hydrogens (tertiary/aromatic N) is 1. The van der Waals surface area contributed by atoms with E-state index in [0.717, 1.165) is 51.3 Å². The summed E-state index contributed by atoms with van der Waals surface area (Å²) in [5.74, 6) is -0.343. The van der Waals surface area contributed by atoms with E-state index in [1.165, 1.54) is 18.9 Å². The highest BCUT2D eigenvalue weighted by atomic mass is 35.5. The molecule has 1 N–H and O–H groups in total. The molecule has 22 heavy (non-hydrogen) atoms. The van der Waals surface area contributed by atoms with Gasteiger partial charge >= 0.3 is 0 Å². The van der Waals surface area contributed by atoms with Gasteiger partial charge in [-0.3, -0.25) is 4.90 Å². The van der Waals surface area contributed by atoms with Crippen LogP contribution in [-0.4, -0.2) is 43.3 Å². The van der Waals surface area contributed by atoms with Crippen LogP contribution in [0.3, 0.4) is 0 Å². The summed E-state index contributed by atoms with van der Waals surface area (Å²) in [6, 6.07) is 6.27. The van der Waals surface area contributed by atoms with Crippen molar-refractivity contribution in [1.82, 2.24) is 10.2 Å². The largest absolute Gasteiger partial charge is 0.381 e. The highest BCUT2D eigenvalue weighted by Crippen LogP contribution is 2.20. The lowest BCUT2D eigenvalue weighted by Gasteiger charge is -2.35. The number of rotatable bonds is 4. The number of likely N-dealkylation sites (tertiary alicyclic amines) is 1. The van der Waals surface area contributed by atoms with E-state index >= 15 is 0 Å². The summed E-state index contributed by atoms with van der Waals surface area (Å²) >= 11 is 5.85. The van der Waals surface area contributed by atoms with Crippen molar-refractivity contribution >= 4 is 11.6 Å². The lowest BCUT2D eigenvalue weighted by Crippen LogP contribution is -2.47. The second kappa shape index (κ2) is 7.73. The zero-order chi connectivity index (χ0) is 15.4. The van der Waals surface area contributed by atoms with Gasteiger partial charge in [-0.25, -0.2) is 4.39 Å². The van der Waals surface area contributed by atoms with Gasteiger partial charge in [0.2, 0.25) is 0 Å². The number of benzene rings is 1. The molecule has 1 aromatic carbocycles. The number of nitrogens with one attached hydrogen (secondary N) is 1. The zero-order valence-corrected chi connectivity index (χ0v) is 13.6. The first-order valence-corrected chi connectivity index (χ1v) is 8.58. The third-order valence-corrected chi connectivity index (χ3v) is 4.96. The molecule has 2 heterocycles. The standard InChI is InChI=1S/C17H24ClFN2O/c18-16-11-13(1-2-17(16)19)12-21-7-3-14(4-8-21)20-15-5-9-22-10-6-15/h1-2,11,14-15,20H,3-10,12H2. The second-order valence-electron chi connectivity index (χ2n) is 6.35. The molecule has 0 saturated carbocycles. The molecule has 0 spiro atoms. The fourth-order valence-corrected chi connectivity index (χ4v) is 3.55. The lowest BCUT2D eigenvalue weighted by atomic mass is 10.0. The molecule has 0 amide bonds. The molecule has 0 aromatic heterocycles. The van der Waals surface area contributed by atoms with Crippen molar-refractivity contribution in [2.24, 2.45) is 0 Å². The minimum atomic E-state index is -0.343. The van der Waals surface area contributed by atoms with Crippen LogP contribution < -0.4 is 5.32 Å². The predicted octanol–water partition coefficient (Wildman–Crippen LogP) is 3.21. The number of hydrogen-bond acceptors (Lipinski definition) is 3. The molecule has 3 nitrogen and oxygen atoms in total. The summed E-state index contributed by atoms with van der Waals surface area (Å²) in [7, 11) is 0. The molecule has 0 bridgehead atoms. The van der Waals surface area contributed by atoms with Crippen LogP contribution >= 0.6 is 11.6 Å². The molecular formula is C17H24ClFN2O. The number of halogens is 2. The lowest BCUT2D eigenvalue weighted by molar-refractivity contribution is 0.0703. The van der Waals surface area contributed by atoms with E-state index in [1.807, 2.05) is 6.07 Å². The van der Waals surface area contributed by atoms with Crippen LogP contribution in [0.25, 0.3) is 0 Å². The molecule has 2 saturated heterocycles. The van der Waals surface area contributed by atoms with Crippen molar-refractivity contribution in [3.63, 3.8) is 0 Å². The van der Waals surface area contributed by atoms with Gasteiger partial charge in [-0.15, -0.1) is 0 Å². The monoisotopic (exact) mass is 326 g/mol. The second-order valence-corrected chi connectivity index (χ2v) is 6.76. The molecule has 2 fully saturated rings. The smallest absolute Gasteiger partial charge is 0.141 e. The first kappa shape index (κ1) is 16.2. The van der Waals surface area contributed by atoms with Gasteiger partial charge in [0.15, 0.2) is 0 Å². The first-order chi connectivity index (χ1) is 10.7. The van der Waals surface area contributed by atoms with Gasteiger partial charge in [0.05, 0.1) is 5.02 Å². The molecule has 0 aliphatic carbocycles. The Kier molecular flexibility index (Phi) is 5.69. The SMILES string of the molecule is Fc1ccc(CN2CCC(NC3CCOCC3)CC2)cc1Cl. The number of piperidine rings is 1. The van der Waals surface area contributed by atoms with Crippen LogP contribution in [0.15, 0.2) is 18.2 Å². The Hall–Kier alpha value is -0.680. The topological polar surface area (TPSA) is 24.5 Å². The molecular weight excluding hydrogens is 303 g/mol. The summed E-state index contributed by atoms with van der Waals surface area (Å²) in [4.78, 5) is 2.42. The number of ether oxygens (including phenoxy) is 1. The van der Waals surface area contributed by atoms with Gasteiger partial charge < -0.3 is 10.1 Å². The molecule has 0 atom stereocenters. The summed E-state index contributed by atoms with van der Waals surface area (Å²) < 4.78 is 18.6. The van der Waals surface area contributed by atoms with Crippen LogP contribution in [0, 0.1) is 5.82 Å². The van der Waals surface area contributed by atoms with Crippen LogP contribution in [0.1, 0.15) is 31.2 Å². The number of hydrogen-bond donors (Lipinski definition) is 1. The maximum atomic E-state index is 13.2. The van der Waals surface area contributed by atoms with Crippen molar-refractivity contribution in [2.45, 2.75) is 44.3 Å². The third kappa shape index (κ3) is 4.42. The summed E-state index contributed by atoms with van der Waals surface area (Å²) in [5.41, 5.74) is 1.09. The fraction of sp³-hybridized carbons (Fsp3) is 0.647. The van der Waals surface area contributed by atoms with E-state index in [0.29, 0.717) is 12.1 Å². The maximum absolute atomic E-state index is 13.2. The van der Waals surface area contributed by atoms with Crippen LogP contribution in [0.2, 0.25) is 5.02 Å². The molecule has 3 rings (SSSR count). The highest BCUT2D eigenvalue weighted by Gasteiger charge is 2.23. The maximum Gasteiger partial charge on any atom is 0.141 e. The molecule has 122 valence electrons. The van der Waals surface area contributed by atoms with Gasteiger partial charge in [-0.2, -0.15) is 0 Å². The van der Waals surface area contributed by atoms with Crippen molar-refractivity contribution in [2.75, 3.05) is 26.3 Å². The summed E-state index contributed by atoms with van der Waals surface area (Å²) in [5, 5.41) is 4.00. The highest BCUT2D eigenvalue weighted by molar-refractivity contribution is 6.30. The molecule has 1 aromatic rings. The first-order valence-electron chi connectivity index (χ1n) is 8.21. The minimum absolute atomic E-state index is 0.216. The predicted molar refractivity (Wildman–Crippen MR) is 86.7 cm³/mol. The van der Waals surface area contributed by atoms with E-state index in [4.69, 9.17) is 16.3 Å². The Morgan fingerprint density at radius 3 is 2.50 bits per heavy atom. The Bertz CT molecular complexity index is 486. The molecule has 0 radical (unpaired) electrons. The fourth-order valence-electron chi connectivity index (χ4n) is 3.35. The van der Waals surface area contributed by atoms with Gasteiger partial charge in [-0.05, 0) is 56.5 Å². The van der Waals surface area contributed by atoms with Crippen LogP contribution in [-0.2, 0) is 11.3 Å². The Morgan fingerprint density at radius 2 is 1.82 bits per heavy atom. The van der Waals surface area contributed by atoms with Crippen molar-refractivity contribution in [1.29, 1.82) is 0 Å². The van der Waals surface area contributed by atoms with Crippen molar-refractivity contribution in [3.05, 3.63) is 34.6 Å². The van der Waals surface area contributed by atoms with Crippen LogP contribution in [0.5, 0.6) is 0 Å². The average Bonchev–Trinajstić information content (AvgIpc) is 2.54. The average molecular weight is 327 g/mol. The Labute approximate surface area is 136 Å². The summed E-state index contributed by atoms with van der Waals surface area (Å²) in [6.45, 7) is 4.79. The van der Waals surface area contributed by atoms with Gasteiger partial charge in [0, 0.05) is 31.8 Å². The van der Waals surface area contributed by atoms with Gasteiger partial charge in [0.1, 0.15) is 5.82 Å². The molecule has 2 aliphatic rings. The minimum Gasteiger partial charge on any atom is -0.381 e. The zero-order valence-electron chi connectivity index (χ0n) is 12.9. The Balaban J connectivity index is 1.44. The van der Waals surface area contributed by atoms with E-state index in [2.05, 4.69) is 10.2 Å². The molecule has 2 aliphatic heterocycles. The van der Waals surface area contributed by atoms with E-state index in [-0.39, 0.29) is 10.8 Å². The normalized spacial score (nSPS) is 22.1. The van der Waals surface area contributed by atoms with E-state index in [9.17, 15) is 4.39 Å². The quantitative estimate of drug-likeness (QED) is 0.919. The summed E-state index contributed by atoms with van der Waals surface area (Å²) in [6.07, 6.45) is 4.61. The molecule has 0 unspecified atom stereocenters. The van der Waals surface area contributed by atoms with Gasteiger partial charge in [-0.1, -0.05) is 17.7 Å². The third-order valence-electron chi connectivity index (χ3n) is 4.67. The molecule has 5 heteroatoms. The van der Waals surface area contributed by atoms with Crippen molar-refractivity contribution < 1.29 is 9.13 Å². The van der Waals surface area contributed by atoms with Gasteiger partial charge in [0.25, 0.3) is 0 Å². The Morgan fingerprint density at radius 1 is 1.14 bits per heavy atom.